The Morgan fingerprint density at radius 3 is 2.17 bits per heavy atom. The van der Waals surface area contributed by atoms with Crippen LogP contribution in [-0.4, -0.2) is 8.07 Å². The van der Waals surface area contributed by atoms with E-state index in [9.17, 15) is 0 Å². The highest BCUT2D eigenvalue weighted by Gasteiger charge is 2.36. The highest BCUT2D eigenvalue weighted by molar-refractivity contribution is 7.06. The summed E-state index contributed by atoms with van der Waals surface area (Å²) in [4.78, 5) is 0. The summed E-state index contributed by atoms with van der Waals surface area (Å²) >= 11 is 0. The molecular weight excluding hydrogens is 304 g/mol. The second kappa shape index (κ2) is 7.35. The molecule has 0 saturated carbocycles. The van der Waals surface area contributed by atoms with Gasteiger partial charge in [-0.1, -0.05) is 97.4 Å². The van der Waals surface area contributed by atoms with Gasteiger partial charge < -0.3 is 0 Å². The molecule has 0 N–H and O–H groups in total. The van der Waals surface area contributed by atoms with Crippen molar-refractivity contribution in [3.05, 3.63) is 83.1 Å². The highest BCUT2D eigenvalue weighted by atomic mass is 28.3. The standard InChI is InChI=1S/C23H28Si/c1-4-5-9-20-13-16-22(17-14-20)24(3,21-10-7-6-8-11-21)23-15-12-19(2)18-23/h6-8,10-14,16-18H,4-5,9,15H2,1-3H3. The summed E-state index contributed by atoms with van der Waals surface area (Å²) in [5.41, 5.74) is 2.89. The molecule has 1 heteroatoms. The van der Waals surface area contributed by atoms with Crippen LogP contribution in [-0.2, 0) is 6.42 Å². The van der Waals surface area contributed by atoms with Crippen molar-refractivity contribution in [2.45, 2.75) is 46.1 Å². The largest absolute Gasteiger partial charge is 0.141 e. The minimum Gasteiger partial charge on any atom is -0.0779 e. The Kier molecular flexibility index (Phi) is 5.20. The monoisotopic (exact) mass is 332 g/mol. The first kappa shape index (κ1) is 17.0. The molecule has 0 aromatic heterocycles. The number of unbranched alkanes of at least 4 members (excludes halogenated alkanes) is 1. The minimum atomic E-state index is -1.86. The zero-order valence-electron chi connectivity index (χ0n) is 15.2. The zero-order valence-corrected chi connectivity index (χ0v) is 16.2. The number of hydrogen-bond acceptors (Lipinski definition) is 0. The van der Waals surface area contributed by atoms with E-state index in [2.05, 4.69) is 87.1 Å². The Labute approximate surface area is 147 Å². The van der Waals surface area contributed by atoms with Crippen molar-refractivity contribution in [1.82, 2.24) is 0 Å². The first-order valence-electron chi connectivity index (χ1n) is 9.17. The van der Waals surface area contributed by atoms with E-state index in [0.29, 0.717) is 0 Å². The van der Waals surface area contributed by atoms with E-state index in [1.54, 1.807) is 5.20 Å². The van der Waals surface area contributed by atoms with Crippen molar-refractivity contribution >= 4 is 18.4 Å². The summed E-state index contributed by atoms with van der Waals surface area (Å²) < 4.78 is 0. The predicted octanol–water partition coefficient (Wildman–Crippen LogP) is 5.04. The van der Waals surface area contributed by atoms with Gasteiger partial charge in [0.05, 0.1) is 0 Å². The van der Waals surface area contributed by atoms with Gasteiger partial charge in [0.1, 0.15) is 8.07 Å². The van der Waals surface area contributed by atoms with Gasteiger partial charge in [0.25, 0.3) is 0 Å². The molecule has 2 aromatic rings. The van der Waals surface area contributed by atoms with Gasteiger partial charge >= 0.3 is 0 Å². The van der Waals surface area contributed by atoms with E-state index < -0.39 is 8.07 Å². The third kappa shape index (κ3) is 3.32. The molecule has 1 aliphatic carbocycles. The van der Waals surface area contributed by atoms with Crippen LogP contribution in [0.4, 0.5) is 0 Å². The van der Waals surface area contributed by atoms with Crippen molar-refractivity contribution in [1.29, 1.82) is 0 Å². The average molecular weight is 333 g/mol. The number of allylic oxidation sites excluding steroid dienone is 4. The molecular formula is C23H28Si. The Hall–Kier alpha value is -1.86. The van der Waals surface area contributed by atoms with Crippen LogP contribution in [0.2, 0.25) is 6.55 Å². The SMILES string of the molecule is CCCCc1ccc([Si](C)(C2=CC(C)=CC2)c2ccccc2)cc1. The molecule has 0 aliphatic heterocycles. The molecule has 3 rings (SSSR count). The third-order valence-corrected chi connectivity index (χ3v) is 10.00. The molecule has 0 amide bonds. The fourth-order valence-electron chi connectivity index (χ4n) is 3.71. The summed E-state index contributed by atoms with van der Waals surface area (Å²) in [7, 11) is -1.86. The van der Waals surface area contributed by atoms with Crippen molar-refractivity contribution in [3.63, 3.8) is 0 Å². The average Bonchev–Trinajstić information content (AvgIpc) is 3.07. The van der Waals surface area contributed by atoms with Gasteiger partial charge in [-0.15, -0.1) is 0 Å². The van der Waals surface area contributed by atoms with Gasteiger partial charge in [0.15, 0.2) is 0 Å². The van der Waals surface area contributed by atoms with E-state index in [1.165, 1.54) is 40.8 Å². The molecule has 0 nitrogen and oxygen atoms in total. The van der Waals surface area contributed by atoms with Gasteiger partial charge in [-0.25, -0.2) is 0 Å². The van der Waals surface area contributed by atoms with Crippen LogP contribution in [0.25, 0.3) is 0 Å². The lowest BCUT2D eigenvalue weighted by Gasteiger charge is -2.31. The summed E-state index contributed by atoms with van der Waals surface area (Å²) in [6.45, 7) is 7.00. The summed E-state index contributed by atoms with van der Waals surface area (Å²) in [6.07, 6.45) is 9.66. The quantitative estimate of drug-likeness (QED) is 0.650. The maximum absolute atomic E-state index is 2.52. The predicted molar refractivity (Wildman–Crippen MR) is 109 cm³/mol. The molecule has 0 saturated heterocycles. The second-order valence-electron chi connectivity index (χ2n) is 7.11. The van der Waals surface area contributed by atoms with E-state index in [-0.39, 0.29) is 0 Å². The van der Waals surface area contributed by atoms with Gasteiger partial charge in [-0.2, -0.15) is 0 Å². The molecule has 0 fully saturated rings. The van der Waals surface area contributed by atoms with Crippen LogP contribution in [0.3, 0.4) is 0 Å². The van der Waals surface area contributed by atoms with Crippen molar-refractivity contribution in [2.75, 3.05) is 0 Å². The van der Waals surface area contributed by atoms with E-state index in [1.807, 2.05) is 0 Å². The molecule has 1 unspecified atom stereocenters. The molecule has 0 heterocycles. The lowest BCUT2D eigenvalue weighted by atomic mass is 10.1. The maximum atomic E-state index is 2.52. The van der Waals surface area contributed by atoms with Crippen LogP contribution < -0.4 is 10.4 Å². The molecule has 0 spiro atoms. The van der Waals surface area contributed by atoms with Crippen LogP contribution in [0.5, 0.6) is 0 Å². The molecule has 2 aromatic carbocycles. The van der Waals surface area contributed by atoms with Crippen molar-refractivity contribution in [3.8, 4) is 0 Å². The van der Waals surface area contributed by atoms with Gasteiger partial charge in [0.2, 0.25) is 0 Å². The molecule has 1 aliphatic rings. The van der Waals surface area contributed by atoms with E-state index >= 15 is 0 Å². The number of rotatable bonds is 6. The number of hydrogen-bond donors (Lipinski definition) is 0. The van der Waals surface area contributed by atoms with Crippen molar-refractivity contribution in [2.24, 2.45) is 0 Å². The minimum absolute atomic E-state index is 1.11. The van der Waals surface area contributed by atoms with Gasteiger partial charge in [-0.05, 0) is 42.1 Å². The third-order valence-electron chi connectivity index (χ3n) is 5.39. The van der Waals surface area contributed by atoms with Gasteiger partial charge in [-0.3, -0.25) is 0 Å². The van der Waals surface area contributed by atoms with Crippen LogP contribution in [0, 0.1) is 0 Å². The Morgan fingerprint density at radius 2 is 1.58 bits per heavy atom. The lowest BCUT2D eigenvalue weighted by molar-refractivity contribution is 0.795. The van der Waals surface area contributed by atoms with Crippen LogP contribution in [0.1, 0.15) is 38.7 Å². The molecule has 1 atom stereocenters. The fourth-order valence-corrected chi connectivity index (χ4v) is 7.50. The zero-order chi connectivity index (χ0) is 17.0. The number of benzene rings is 2. The Bertz CT molecular complexity index is 737. The first-order valence-corrected chi connectivity index (χ1v) is 11.7. The Balaban J connectivity index is 2.01. The first-order chi connectivity index (χ1) is 11.6. The van der Waals surface area contributed by atoms with Gasteiger partial charge in [0, 0.05) is 0 Å². The topological polar surface area (TPSA) is 0 Å². The van der Waals surface area contributed by atoms with Crippen LogP contribution in [0.15, 0.2) is 77.5 Å². The highest BCUT2D eigenvalue weighted by Crippen LogP contribution is 2.26. The molecule has 0 radical (unpaired) electrons. The van der Waals surface area contributed by atoms with Crippen molar-refractivity contribution < 1.29 is 0 Å². The molecule has 24 heavy (non-hydrogen) atoms. The maximum Gasteiger partial charge on any atom is 0.141 e. The molecule has 0 bridgehead atoms. The smallest absolute Gasteiger partial charge is 0.0779 e. The number of aryl methyl sites for hydroxylation is 1. The fraction of sp³-hybridized carbons (Fsp3) is 0.304. The van der Waals surface area contributed by atoms with E-state index in [4.69, 9.17) is 0 Å². The summed E-state index contributed by atoms with van der Waals surface area (Å²) in [5.74, 6) is 0. The molecule has 124 valence electrons. The Morgan fingerprint density at radius 1 is 0.917 bits per heavy atom. The summed E-state index contributed by atoms with van der Waals surface area (Å²) in [5, 5.41) is 4.68. The summed E-state index contributed by atoms with van der Waals surface area (Å²) in [6, 6.07) is 20.7. The lowest BCUT2D eigenvalue weighted by Crippen LogP contribution is -2.57. The normalized spacial score (nSPS) is 16.5. The second-order valence-corrected chi connectivity index (χ2v) is 11.2. The van der Waals surface area contributed by atoms with E-state index in [0.717, 1.165) is 6.42 Å². The van der Waals surface area contributed by atoms with Crippen LogP contribution >= 0.6 is 0 Å².